The zero-order valence-electron chi connectivity index (χ0n) is 19.0. The first-order valence-electron chi connectivity index (χ1n) is 11.4. The van der Waals surface area contributed by atoms with Crippen molar-refractivity contribution >= 4 is 23.2 Å². The molecule has 4 rings (SSSR count). The Morgan fingerprint density at radius 1 is 1.19 bits per heavy atom. The molecule has 2 heterocycles. The number of nitrogens with zero attached hydrogens (tertiary/aromatic N) is 3. The van der Waals surface area contributed by atoms with Crippen LogP contribution in [-0.2, 0) is 9.53 Å². The average molecular weight is 440 g/mol. The summed E-state index contributed by atoms with van der Waals surface area (Å²) in [4.78, 5) is 22.4. The van der Waals surface area contributed by atoms with Gasteiger partial charge in [-0.15, -0.1) is 0 Å². The van der Waals surface area contributed by atoms with Crippen molar-refractivity contribution in [2.75, 3.05) is 43.1 Å². The highest BCUT2D eigenvalue weighted by Gasteiger charge is 2.32. The van der Waals surface area contributed by atoms with Crippen LogP contribution in [0.15, 0.2) is 36.5 Å². The second kappa shape index (κ2) is 10.2. The van der Waals surface area contributed by atoms with Gasteiger partial charge in [-0.1, -0.05) is 6.92 Å². The topological polar surface area (TPSA) is 88.6 Å². The minimum atomic E-state index is 0.0478. The minimum absolute atomic E-state index is 0.0478. The number of hydrogen-bond acceptors (Lipinski definition) is 7. The predicted octanol–water partition coefficient (Wildman–Crippen LogP) is 3.52. The maximum absolute atomic E-state index is 11.3. The summed E-state index contributed by atoms with van der Waals surface area (Å²) in [5, 5.41) is 6.29. The van der Waals surface area contributed by atoms with Gasteiger partial charge in [0.2, 0.25) is 17.7 Å². The molecule has 1 saturated heterocycles. The molecule has 1 aromatic carbocycles. The number of benzene rings is 1. The summed E-state index contributed by atoms with van der Waals surface area (Å²) in [7, 11) is 0. The maximum Gasteiger partial charge on any atom is 0.230 e. The van der Waals surface area contributed by atoms with Gasteiger partial charge in [0, 0.05) is 55.1 Å². The zero-order valence-corrected chi connectivity index (χ0v) is 19.0. The molecule has 0 radical (unpaired) electrons. The summed E-state index contributed by atoms with van der Waals surface area (Å²) in [5.74, 6) is 1.13. The summed E-state index contributed by atoms with van der Waals surface area (Å²) in [5.41, 5.74) is 2.21. The van der Waals surface area contributed by atoms with E-state index in [1.54, 1.807) is 19.2 Å². The summed E-state index contributed by atoms with van der Waals surface area (Å²) in [6, 6.07) is 10.4. The van der Waals surface area contributed by atoms with Crippen LogP contribution >= 0.6 is 0 Å². The first-order valence-corrected chi connectivity index (χ1v) is 11.4. The number of ether oxygens (including phenoxy) is 2. The summed E-state index contributed by atoms with van der Waals surface area (Å²) >= 11 is 0. The van der Waals surface area contributed by atoms with E-state index in [4.69, 9.17) is 9.47 Å². The SMILES string of the molecule is CC(=O)NC1CCC(C)(COc2ccnc(Nc3ccc(N4CCOCC4)cc3)n2)CC1. The molecule has 32 heavy (non-hydrogen) atoms. The van der Waals surface area contributed by atoms with Crippen molar-refractivity contribution in [2.24, 2.45) is 5.41 Å². The van der Waals surface area contributed by atoms with E-state index in [0.29, 0.717) is 18.4 Å². The molecular formula is C24H33N5O3. The van der Waals surface area contributed by atoms with Crippen molar-refractivity contribution in [3.63, 3.8) is 0 Å². The number of anilines is 3. The number of amides is 1. The van der Waals surface area contributed by atoms with Crippen molar-refractivity contribution in [2.45, 2.75) is 45.6 Å². The number of rotatable bonds is 7. The van der Waals surface area contributed by atoms with Crippen LogP contribution in [-0.4, -0.2) is 54.8 Å². The molecule has 2 fully saturated rings. The van der Waals surface area contributed by atoms with Crippen molar-refractivity contribution in [3.8, 4) is 5.88 Å². The second-order valence-corrected chi connectivity index (χ2v) is 9.06. The molecule has 2 aliphatic rings. The monoisotopic (exact) mass is 439 g/mol. The maximum atomic E-state index is 11.3. The summed E-state index contributed by atoms with van der Waals surface area (Å²) < 4.78 is 11.5. The molecule has 0 unspecified atom stereocenters. The Morgan fingerprint density at radius 3 is 2.59 bits per heavy atom. The van der Waals surface area contributed by atoms with Crippen LogP contribution in [0.2, 0.25) is 0 Å². The first-order chi connectivity index (χ1) is 15.5. The molecule has 1 aromatic heterocycles. The number of aromatic nitrogens is 2. The van der Waals surface area contributed by atoms with E-state index in [-0.39, 0.29) is 17.4 Å². The quantitative estimate of drug-likeness (QED) is 0.682. The molecular weight excluding hydrogens is 406 g/mol. The van der Waals surface area contributed by atoms with Gasteiger partial charge < -0.3 is 25.0 Å². The van der Waals surface area contributed by atoms with E-state index in [0.717, 1.165) is 57.7 Å². The molecule has 2 N–H and O–H groups in total. The van der Waals surface area contributed by atoms with Gasteiger partial charge in [-0.2, -0.15) is 4.98 Å². The average Bonchev–Trinajstić information content (AvgIpc) is 2.81. The van der Waals surface area contributed by atoms with Crippen molar-refractivity contribution in [1.82, 2.24) is 15.3 Å². The Balaban J connectivity index is 1.29. The fourth-order valence-corrected chi connectivity index (χ4v) is 4.33. The number of hydrogen-bond donors (Lipinski definition) is 2. The van der Waals surface area contributed by atoms with E-state index in [2.05, 4.69) is 44.6 Å². The van der Waals surface area contributed by atoms with E-state index in [1.165, 1.54) is 5.69 Å². The number of nitrogens with one attached hydrogen (secondary N) is 2. The molecule has 8 nitrogen and oxygen atoms in total. The molecule has 8 heteroatoms. The zero-order chi connectivity index (χ0) is 22.4. The van der Waals surface area contributed by atoms with Gasteiger partial charge >= 0.3 is 0 Å². The third kappa shape index (κ3) is 6.09. The van der Waals surface area contributed by atoms with Crippen LogP contribution in [0.25, 0.3) is 0 Å². The van der Waals surface area contributed by atoms with Crippen molar-refractivity contribution in [1.29, 1.82) is 0 Å². The summed E-state index contributed by atoms with van der Waals surface area (Å²) in [6.45, 7) is 7.81. The molecule has 1 aliphatic heterocycles. The van der Waals surface area contributed by atoms with E-state index in [9.17, 15) is 4.79 Å². The van der Waals surface area contributed by atoms with Gasteiger partial charge in [0.1, 0.15) is 0 Å². The lowest BCUT2D eigenvalue weighted by Gasteiger charge is -2.37. The highest BCUT2D eigenvalue weighted by Crippen LogP contribution is 2.36. The van der Waals surface area contributed by atoms with Crippen LogP contribution in [0.4, 0.5) is 17.3 Å². The van der Waals surface area contributed by atoms with E-state index >= 15 is 0 Å². The Bertz CT molecular complexity index is 891. The van der Waals surface area contributed by atoms with Crippen molar-refractivity contribution < 1.29 is 14.3 Å². The molecule has 2 aromatic rings. The second-order valence-electron chi connectivity index (χ2n) is 9.06. The Morgan fingerprint density at radius 2 is 1.91 bits per heavy atom. The largest absolute Gasteiger partial charge is 0.477 e. The smallest absolute Gasteiger partial charge is 0.230 e. The van der Waals surface area contributed by atoms with Gasteiger partial charge in [0.05, 0.1) is 19.8 Å². The van der Waals surface area contributed by atoms with Crippen molar-refractivity contribution in [3.05, 3.63) is 36.5 Å². The van der Waals surface area contributed by atoms with Gasteiger partial charge in [-0.05, 0) is 49.9 Å². The van der Waals surface area contributed by atoms with Crippen LogP contribution in [0.5, 0.6) is 5.88 Å². The standard InChI is InChI=1S/C24H33N5O3/c1-18(30)26-20-7-10-24(2,11-8-20)17-32-22-9-12-25-23(28-22)27-19-3-5-21(6-4-19)29-13-15-31-16-14-29/h3-6,9,12,20H,7-8,10-11,13-17H2,1-2H3,(H,26,30)(H,25,27,28). The number of carbonyl (C=O) groups excluding carboxylic acids is 1. The van der Waals surface area contributed by atoms with Crippen LogP contribution in [0, 0.1) is 5.41 Å². The Labute approximate surface area is 189 Å². The molecule has 0 spiro atoms. The lowest BCUT2D eigenvalue weighted by Crippen LogP contribution is -2.40. The molecule has 172 valence electrons. The summed E-state index contributed by atoms with van der Waals surface area (Å²) in [6.07, 6.45) is 5.71. The highest BCUT2D eigenvalue weighted by molar-refractivity contribution is 5.73. The van der Waals surface area contributed by atoms with Crippen LogP contribution in [0.3, 0.4) is 0 Å². The van der Waals surface area contributed by atoms with Gasteiger partial charge in [0.25, 0.3) is 0 Å². The molecule has 0 atom stereocenters. The molecule has 1 aliphatic carbocycles. The fourth-order valence-electron chi connectivity index (χ4n) is 4.33. The van der Waals surface area contributed by atoms with E-state index in [1.807, 2.05) is 12.1 Å². The minimum Gasteiger partial charge on any atom is -0.477 e. The Hall–Kier alpha value is -2.87. The van der Waals surface area contributed by atoms with Crippen LogP contribution < -0.4 is 20.3 Å². The fraction of sp³-hybridized carbons (Fsp3) is 0.542. The lowest BCUT2D eigenvalue weighted by molar-refractivity contribution is -0.120. The van der Waals surface area contributed by atoms with Gasteiger partial charge in [0.15, 0.2) is 0 Å². The normalized spacial score (nSPS) is 23.4. The first kappa shape index (κ1) is 22.3. The molecule has 0 bridgehead atoms. The highest BCUT2D eigenvalue weighted by atomic mass is 16.5. The van der Waals surface area contributed by atoms with Gasteiger partial charge in [-0.25, -0.2) is 4.98 Å². The van der Waals surface area contributed by atoms with E-state index < -0.39 is 0 Å². The number of carbonyl (C=O) groups is 1. The predicted molar refractivity (Wildman–Crippen MR) is 124 cm³/mol. The van der Waals surface area contributed by atoms with Gasteiger partial charge in [-0.3, -0.25) is 4.79 Å². The third-order valence-electron chi connectivity index (χ3n) is 6.30. The number of morpholine rings is 1. The van der Waals surface area contributed by atoms with Crippen LogP contribution in [0.1, 0.15) is 39.5 Å². The Kier molecular flexibility index (Phi) is 7.09. The molecule has 1 saturated carbocycles. The third-order valence-corrected chi connectivity index (χ3v) is 6.30. The lowest BCUT2D eigenvalue weighted by atomic mass is 9.74. The molecule has 1 amide bonds.